The summed E-state index contributed by atoms with van der Waals surface area (Å²) in [5.41, 5.74) is 1.61. The molecule has 0 unspecified atom stereocenters. The number of sulfone groups is 1. The zero-order valence-electron chi connectivity index (χ0n) is 14.0. The molecule has 1 saturated heterocycles. The third kappa shape index (κ3) is 4.08. The predicted octanol–water partition coefficient (Wildman–Crippen LogP) is 0.857. The number of benzene rings is 1. The molecule has 136 valence electrons. The van der Waals surface area contributed by atoms with Gasteiger partial charge in [0.2, 0.25) is 5.91 Å². The first-order valence-electron chi connectivity index (χ1n) is 8.25. The maximum absolute atomic E-state index is 12.4. The van der Waals surface area contributed by atoms with Gasteiger partial charge in [0.05, 0.1) is 30.0 Å². The summed E-state index contributed by atoms with van der Waals surface area (Å²) in [7, 11) is -3.15. The van der Waals surface area contributed by atoms with Gasteiger partial charge in [-0.15, -0.1) is 0 Å². The van der Waals surface area contributed by atoms with Crippen LogP contribution in [0.2, 0.25) is 0 Å². The molecule has 0 aromatic heterocycles. The van der Waals surface area contributed by atoms with E-state index in [-0.39, 0.29) is 36.0 Å². The summed E-state index contributed by atoms with van der Waals surface area (Å²) in [6.07, 6.45) is 0.978. The van der Waals surface area contributed by atoms with Gasteiger partial charge in [-0.2, -0.15) is 10.4 Å². The quantitative estimate of drug-likeness (QED) is 0.838. The molecule has 2 heterocycles. The molecule has 1 N–H and O–H groups in total. The number of hydrazone groups is 1. The molecule has 1 fully saturated rings. The number of amides is 2. The minimum Gasteiger partial charge on any atom is -0.321 e. The van der Waals surface area contributed by atoms with Gasteiger partial charge in [0.1, 0.15) is 5.71 Å². The van der Waals surface area contributed by atoms with Crippen LogP contribution in [0.5, 0.6) is 0 Å². The largest absolute Gasteiger partial charge is 0.321 e. The Morgan fingerprint density at radius 1 is 1.31 bits per heavy atom. The smallest absolute Gasteiger partial charge is 0.271 e. The summed E-state index contributed by atoms with van der Waals surface area (Å²) in [5.74, 6) is -0.758. The van der Waals surface area contributed by atoms with Crippen LogP contribution in [-0.2, 0) is 25.8 Å². The molecule has 1 aromatic carbocycles. The lowest BCUT2D eigenvalue weighted by Crippen LogP contribution is -2.42. The highest BCUT2D eigenvalue weighted by molar-refractivity contribution is 7.91. The minimum atomic E-state index is -3.15. The highest BCUT2D eigenvalue weighted by Gasteiger charge is 2.37. The normalized spacial score (nSPS) is 21.8. The second-order valence-corrected chi connectivity index (χ2v) is 8.56. The van der Waals surface area contributed by atoms with Crippen LogP contribution >= 0.6 is 0 Å². The summed E-state index contributed by atoms with van der Waals surface area (Å²) >= 11 is 0. The van der Waals surface area contributed by atoms with Crippen molar-refractivity contribution in [3.05, 3.63) is 29.8 Å². The van der Waals surface area contributed by atoms with Gasteiger partial charge in [-0.25, -0.2) is 13.4 Å². The van der Waals surface area contributed by atoms with Crippen LogP contribution in [0.25, 0.3) is 0 Å². The number of hydrogen-bond acceptors (Lipinski definition) is 6. The Morgan fingerprint density at radius 2 is 2.04 bits per heavy atom. The molecule has 2 amide bonds. The summed E-state index contributed by atoms with van der Waals surface area (Å²) in [4.78, 5) is 24.5. The van der Waals surface area contributed by atoms with Crippen molar-refractivity contribution in [3.63, 3.8) is 0 Å². The van der Waals surface area contributed by atoms with Crippen molar-refractivity contribution in [2.45, 2.75) is 31.7 Å². The van der Waals surface area contributed by atoms with Crippen molar-refractivity contribution in [2.75, 3.05) is 16.8 Å². The number of carbonyl (C=O) groups excluding carboxylic acids is 2. The number of anilines is 1. The molecule has 0 bridgehead atoms. The second kappa shape index (κ2) is 7.25. The van der Waals surface area contributed by atoms with E-state index in [1.807, 2.05) is 0 Å². The van der Waals surface area contributed by atoms with Crippen molar-refractivity contribution >= 4 is 33.1 Å². The molecule has 1 aromatic rings. The number of hydrogen-bond donors (Lipinski definition) is 1. The van der Waals surface area contributed by atoms with Gasteiger partial charge < -0.3 is 5.32 Å². The standard InChI is InChI=1S/C17H18N4O4S/c18-9-7-12-1-3-13(4-2-12)19-17(23)15-5-6-16(22)21(20-15)14-8-10-26(24,25)11-14/h1-4,14H,5-8,10-11H2,(H,19,23)/t14-/m0/s1. The Kier molecular flexibility index (Phi) is 5.04. The molecule has 1 atom stereocenters. The number of nitrogens with one attached hydrogen (secondary N) is 1. The van der Waals surface area contributed by atoms with Crippen LogP contribution in [-0.4, -0.2) is 48.5 Å². The first-order chi connectivity index (χ1) is 12.4. The first kappa shape index (κ1) is 18.1. The minimum absolute atomic E-state index is 0.0353. The monoisotopic (exact) mass is 374 g/mol. The lowest BCUT2D eigenvalue weighted by atomic mass is 10.1. The van der Waals surface area contributed by atoms with E-state index >= 15 is 0 Å². The second-order valence-electron chi connectivity index (χ2n) is 6.33. The highest BCUT2D eigenvalue weighted by atomic mass is 32.2. The van der Waals surface area contributed by atoms with E-state index in [0.717, 1.165) is 5.56 Å². The number of nitriles is 1. The molecule has 0 radical (unpaired) electrons. The number of carbonyl (C=O) groups is 2. The molecular weight excluding hydrogens is 356 g/mol. The van der Waals surface area contributed by atoms with Gasteiger partial charge in [-0.3, -0.25) is 9.59 Å². The lowest BCUT2D eigenvalue weighted by Gasteiger charge is -2.27. The maximum Gasteiger partial charge on any atom is 0.271 e. The van der Waals surface area contributed by atoms with Gasteiger partial charge in [0.15, 0.2) is 9.84 Å². The molecular formula is C17H18N4O4S. The third-order valence-electron chi connectivity index (χ3n) is 4.37. The average molecular weight is 374 g/mol. The van der Waals surface area contributed by atoms with E-state index in [1.165, 1.54) is 5.01 Å². The molecule has 2 aliphatic rings. The molecule has 8 nitrogen and oxygen atoms in total. The van der Waals surface area contributed by atoms with Crippen LogP contribution in [0.3, 0.4) is 0 Å². The molecule has 0 spiro atoms. The Labute approximate surface area is 151 Å². The lowest BCUT2D eigenvalue weighted by molar-refractivity contribution is -0.133. The van der Waals surface area contributed by atoms with Gasteiger partial charge in [-0.1, -0.05) is 12.1 Å². The summed E-state index contributed by atoms with van der Waals surface area (Å²) in [5, 5.41) is 16.7. The molecule has 3 rings (SSSR count). The zero-order valence-corrected chi connectivity index (χ0v) is 14.8. The van der Waals surface area contributed by atoms with E-state index in [9.17, 15) is 18.0 Å². The van der Waals surface area contributed by atoms with Gasteiger partial charge in [-0.05, 0) is 24.1 Å². The molecule has 0 saturated carbocycles. The van der Waals surface area contributed by atoms with E-state index < -0.39 is 21.8 Å². The topological polar surface area (TPSA) is 120 Å². The molecule has 26 heavy (non-hydrogen) atoms. The number of rotatable bonds is 4. The molecule has 9 heteroatoms. The van der Waals surface area contributed by atoms with Gasteiger partial charge in [0, 0.05) is 18.5 Å². The SMILES string of the molecule is N#CCc1ccc(NC(=O)C2=NN([C@H]3CCS(=O)(=O)C3)C(=O)CC2)cc1. The van der Waals surface area contributed by atoms with Crippen LogP contribution in [0.1, 0.15) is 24.8 Å². The molecule has 0 aliphatic carbocycles. The highest BCUT2D eigenvalue weighted by Crippen LogP contribution is 2.22. The van der Waals surface area contributed by atoms with E-state index in [0.29, 0.717) is 18.5 Å². The Hall–Kier alpha value is -2.73. The van der Waals surface area contributed by atoms with E-state index in [4.69, 9.17) is 5.26 Å². The maximum atomic E-state index is 12.4. The summed E-state index contributed by atoms with van der Waals surface area (Å²) in [6.45, 7) is 0. The van der Waals surface area contributed by atoms with Gasteiger partial charge >= 0.3 is 0 Å². The number of nitrogens with zero attached hydrogens (tertiary/aromatic N) is 3. The first-order valence-corrected chi connectivity index (χ1v) is 10.1. The summed E-state index contributed by atoms with van der Waals surface area (Å²) < 4.78 is 23.3. The predicted molar refractivity (Wildman–Crippen MR) is 95.0 cm³/mol. The van der Waals surface area contributed by atoms with Crippen molar-refractivity contribution in [3.8, 4) is 6.07 Å². The van der Waals surface area contributed by atoms with Crippen molar-refractivity contribution in [2.24, 2.45) is 5.10 Å². The van der Waals surface area contributed by atoms with Gasteiger partial charge in [0.25, 0.3) is 5.91 Å². The average Bonchev–Trinajstić information content (AvgIpc) is 2.97. The third-order valence-corrected chi connectivity index (χ3v) is 6.12. The Morgan fingerprint density at radius 3 is 2.65 bits per heavy atom. The van der Waals surface area contributed by atoms with E-state index in [1.54, 1.807) is 24.3 Å². The fraction of sp³-hybridized carbons (Fsp3) is 0.412. The fourth-order valence-corrected chi connectivity index (χ4v) is 4.68. The Balaban J connectivity index is 1.71. The van der Waals surface area contributed by atoms with Crippen LogP contribution in [0.15, 0.2) is 29.4 Å². The van der Waals surface area contributed by atoms with Crippen molar-refractivity contribution in [1.82, 2.24) is 5.01 Å². The van der Waals surface area contributed by atoms with Crippen molar-refractivity contribution in [1.29, 1.82) is 5.26 Å². The zero-order chi connectivity index (χ0) is 18.7. The fourth-order valence-electron chi connectivity index (χ4n) is 2.99. The van der Waals surface area contributed by atoms with Crippen molar-refractivity contribution < 1.29 is 18.0 Å². The molecule has 2 aliphatic heterocycles. The van der Waals surface area contributed by atoms with E-state index in [2.05, 4.69) is 16.5 Å². The van der Waals surface area contributed by atoms with Crippen LogP contribution in [0, 0.1) is 11.3 Å². The van der Waals surface area contributed by atoms with Crippen LogP contribution in [0.4, 0.5) is 5.69 Å². The Bertz CT molecular complexity index is 900. The van der Waals surface area contributed by atoms with Crippen LogP contribution < -0.4 is 5.32 Å². The summed E-state index contributed by atoms with van der Waals surface area (Å²) in [6, 6.07) is 8.44.